The van der Waals surface area contributed by atoms with Crippen molar-refractivity contribution >= 4 is 32.9 Å². The first kappa shape index (κ1) is 17.2. The maximum Gasteiger partial charge on any atom is 0.255 e. The Morgan fingerprint density at radius 3 is 2.77 bits per heavy atom. The Labute approximate surface area is 161 Å². The van der Waals surface area contributed by atoms with Gasteiger partial charge in [-0.2, -0.15) is 0 Å². The number of carbonyl (C=O) groups excluding carboxylic acids is 1. The molecule has 3 heterocycles. The van der Waals surface area contributed by atoms with E-state index in [2.05, 4.69) is 55.6 Å². The second-order valence-corrected chi connectivity index (χ2v) is 7.80. The van der Waals surface area contributed by atoms with Crippen molar-refractivity contribution in [2.75, 3.05) is 13.1 Å². The number of piperidine rings is 1. The summed E-state index contributed by atoms with van der Waals surface area (Å²) in [7, 11) is 0. The molecule has 0 aliphatic carbocycles. The molecule has 0 saturated carbocycles. The summed E-state index contributed by atoms with van der Waals surface area (Å²) < 4.78 is 3.15. The topological polar surface area (TPSA) is 51.0 Å². The van der Waals surface area contributed by atoms with E-state index in [1.165, 1.54) is 5.52 Å². The molecule has 0 unspecified atom stereocenters. The predicted octanol–water partition coefficient (Wildman–Crippen LogP) is 4.05. The molecule has 1 saturated heterocycles. The molecule has 4 rings (SSSR count). The number of benzene rings is 1. The van der Waals surface area contributed by atoms with Crippen LogP contribution in [0, 0.1) is 12.8 Å². The molecule has 134 valence electrons. The Morgan fingerprint density at radius 1 is 1.23 bits per heavy atom. The van der Waals surface area contributed by atoms with Crippen LogP contribution >= 0.6 is 15.9 Å². The Morgan fingerprint density at radius 2 is 2.00 bits per heavy atom. The molecule has 1 amide bonds. The summed E-state index contributed by atoms with van der Waals surface area (Å²) >= 11 is 3.38. The van der Waals surface area contributed by atoms with Crippen molar-refractivity contribution in [1.29, 1.82) is 0 Å². The van der Waals surface area contributed by atoms with E-state index in [1.807, 2.05) is 17.0 Å². The Hall–Kier alpha value is -2.21. The van der Waals surface area contributed by atoms with Crippen LogP contribution in [0.2, 0.25) is 0 Å². The molecule has 0 atom stereocenters. The van der Waals surface area contributed by atoms with Gasteiger partial charge in [0, 0.05) is 36.5 Å². The Bertz CT molecular complexity index is 944. The highest BCUT2D eigenvalue weighted by Crippen LogP contribution is 2.24. The van der Waals surface area contributed by atoms with Gasteiger partial charge < -0.3 is 9.47 Å². The van der Waals surface area contributed by atoms with Crippen LogP contribution in [0.25, 0.3) is 11.0 Å². The zero-order valence-corrected chi connectivity index (χ0v) is 16.3. The number of pyridine rings is 1. The number of halogens is 1. The molecule has 0 N–H and O–H groups in total. The lowest BCUT2D eigenvalue weighted by Crippen LogP contribution is -2.39. The highest BCUT2D eigenvalue weighted by molar-refractivity contribution is 9.10. The number of hydrogen-bond acceptors (Lipinski definition) is 3. The van der Waals surface area contributed by atoms with Crippen LogP contribution in [0.5, 0.6) is 0 Å². The van der Waals surface area contributed by atoms with Gasteiger partial charge in [0.05, 0.1) is 16.6 Å². The van der Waals surface area contributed by atoms with Gasteiger partial charge in [-0.05, 0) is 59.8 Å². The van der Waals surface area contributed by atoms with E-state index < -0.39 is 0 Å². The van der Waals surface area contributed by atoms with Gasteiger partial charge in [-0.25, -0.2) is 4.98 Å². The number of para-hydroxylation sites is 2. The number of rotatable bonds is 3. The summed E-state index contributed by atoms with van der Waals surface area (Å²) in [5.41, 5.74) is 2.90. The lowest BCUT2D eigenvalue weighted by Gasteiger charge is -2.32. The summed E-state index contributed by atoms with van der Waals surface area (Å²) in [6, 6.07) is 10.1. The normalized spacial score (nSPS) is 15.5. The fourth-order valence-corrected chi connectivity index (χ4v) is 4.08. The Kier molecular flexibility index (Phi) is 4.76. The van der Waals surface area contributed by atoms with Crippen molar-refractivity contribution in [1.82, 2.24) is 19.4 Å². The number of imidazole rings is 1. The van der Waals surface area contributed by atoms with Gasteiger partial charge in [0.1, 0.15) is 5.82 Å². The second kappa shape index (κ2) is 7.19. The molecule has 0 radical (unpaired) electrons. The first-order valence-electron chi connectivity index (χ1n) is 8.93. The van der Waals surface area contributed by atoms with Gasteiger partial charge in [0.25, 0.3) is 5.91 Å². The molecular formula is C20H21BrN4O. The first-order chi connectivity index (χ1) is 12.6. The van der Waals surface area contributed by atoms with Crippen molar-refractivity contribution in [3.63, 3.8) is 0 Å². The quantitative estimate of drug-likeness (QED) is 0.651. The minimum Gasteiger partial charge on any atom is -0.339 e. The van der Waals surface area contributed by atoms with Crippen LogP contribution in [-0.4, -0.2) is 38.4 Å². The summed E-state index contributed by atoms with van der Waals surface area (Å²) in [4.78, 5) is 23.4. The zero-order chi connectivity index (χ0) is 18.1. The number of aryl methyl sites for hydroxylation is 1. The maximum absolute atomic E-state index is 12.7. The third kappa shape index (κ3) is 3.38. The Balaban J connectivity index is 1.42. The standard InChI is InChI=1S/C20H21BrN4O/c1-14-23-18-4-2-3-5-19(18)25(14)13-15-6-8-24(9-7-15)20(26)16-10-17(21)12-22-11-16/h2-5,10-12,15H,6-9,13H2,1H3. The van der Waals surface area contributed by atoms with Crippen LogP contribution in [0.4, 0.5) is 0 Å². The minimum absolute atomic E-state index is 0.0708. The van der Waals surface area contributed by atoms with Gasteiger partial charge in [0.2, 0.25) is 0 Å². The van der Waals surface area contributed by atoms with Gasteiger partial charge in [-0.3, -0.25) is 9.78 Å². The largest absolute Gasteiger partial charge is 0.339 e. The lowest BCUT2D eigenvalue weighted by molar-refractivity contribution is 0.0682. The van der Waals surface area contributed by atoms with Crippen molar-refractivity contribution in [3.8, 4) is 0 Å². The fourth-order valence-electron chi connectivity index (χ4n) is 3.71. The van der Waals surface area contributed by atoms with Crippen molar-refractivity contribution in [2.24, 2.45) is 5.92 Å². The van der Waals surface area contributed by atoms with Gasteiger partial charge in [-0.1, -0.05) is 12.1 Å². The lowest BCUT2D eigenvalue weighted by atomic mass is 9.96. The predicted molar refractivity (Wildman–Crippen MR) is 105 cm³/mol. The molecular weight excluding hydrogens is 392 g/mol. The average molecular weight is 413 g/mol. The van der Waals surface area contributed by atoms with E-state index in [0.29, 0.717) is 11.5 Å². The third-order valence-corrected chi connectivity index (χ3v) is 5.57. The van der Waals surface area contributed by atoms with Crippen LogP contribution in [0.15, 0.2) is 47.2 Å². The minimum atomic E-state index is 0.0708. The highest BCUT2D eigenvalue weighted by atomic mass is 79.9. The van der Waals surface area contributed by atoms with Gasteiger partial charge in [-0.15, -0.1) is 0 Å². The number of hydrogen-bond donors (Lipinski definition) is 0. The van der Waals surface area contributed by atoms with Gasteiger partial charge >= 0.3 is 0 Å². The molecule has 0 spiro atoms. The SMILES string of the molecule is Cc1nc2ccccc2n1CC1CCN(C(=O)c2cncc(Br)c2)CC1. The molecule has 0 bridgehead atoms. The highest BCUT2D eigenvalue weighted by Gasteiger charge is 2.25. The number of carbonyl (C=O) groups is 1. The van der Waals surface area contributed by atoms with E-state index >= 15 is 0 Å². The molecule has 5 nitrogen and oxygen atoms in total. The van der Waals surface area contributed by atoms with Crippen molar-refractivity contribution in [2.45, 2.75) is 26.3 Å². The fraction of sp³-hybridized carbons (Fsp3) is 0.350. The first-order valence-corrected chi connectivity index (χ1v) is 9.73. The second-order valence-electron chi connectivity index (χ2n) is 6.89. The molecule has 1 aliphatic heterocycles. The summed E-state index contributed by atoms with van der Waals surface area (Å²) in [6.07, 6.45) is 5.36. The molecule has 6 heteroatoms. The monoisotopic (exact) mass is 412 g/mol. The molecule has 2 aromatic heterocycles. The number of aromatic nitrogens is 3. The zero-order valence-electron chi connectivity index (χ0n) is 14.7. The summed E-state index contributed by atoms with van der Waals surface area (Å²) in [5.74, 6) is 1.70. The number of fused-ring (bicyclic) bond motifs is 1. The number of nitrogens with zero attached hydrogens (tertiary/aromatic N) is 4. The number of likely N-dealkylation sites (tertiary alicyclic amines) is 1. The van der Waals surface area contributed by atoms with E-state index in [-0.39, 0.29) is 5.91 Å². The van der Waals surface area contributed by atoms with Crippen molar-refractivity contribution in [3.05, 3.63) is 58.6 Å². The van der Waals surface area contributed by atoms with Crippen LogP contribution in [0.3, 0.4) is 0 Å². The van der Waals surface area contributed by atoms with Crippen LogP contribution in [0.1, 0.15) is 29.0 Å². The van der Waals surface area contributed by atoms with E-state index in [1.54, 1.807) is 12.4 Å². The molecule has 1 fully saturated rings. The molecule has 1 aromatic carbocycles. The van der Waals surface area contributed by atoms with E-state index in [4.69, 9.17) is 0 Å². The smallest absolute Gasteiger partial charge is 0.255 e. The van der Waals surface area contributed by atoms with Crippen LogP contribution < -0.4 is 0 Å². The summed E-state index contributed by atoms with van der Waals surface area (Å²) in [6.45, 7) is 4.62. The molecule has 26 heavy (non-hydrogen) atoms. The maximum atomic E-state index is 12.7. The van der Waals surface area contributed by atoms with E-state index in [0.717, 1.165) is 48.3 Å². The third-order valence-electron chi connectivity index (χ3n) is 5.14. The number of amides is 1. The average Bonchev–Trinajstić information content (AvgIpc) is 2.97. The van der Waals surface area contributed by atoms with Gasteiger partial charge in [0.15, 0.2) is 0 Å². The molecule has 1 aliphatic rings. The van der Waals surface area contributed by atoms with Crippen molar-refractivity contribution < 1.29 is 4.79 Å². The molecule has 3 aromatic rings. The summed E-state index contributed by atoms with van der Waals surface area (Å²) in [5, 5.41) is 0. The van der Waals surface area contributed by atoms with Crippen LogP contribution in [-0.2, 0) is 6.54 Å². The van der Waals surface area contributed by atoms with E-state index in [9.17, 15) is 4.79 Å².